The first kappa shape index (κ1) is 24.2. The van der Waals surface area contributed by atoms with E-state index in [0.29, 0.717) is 30.0 Å². The molecule has 1 saturated heterocycles. The number of aliphatic carboxylic acids is 1. The summed E-state index contributed by atoms with van der Waals surface area (Å²) in [7, 11) is 0. The van der Waals surface area contributed by atoms with Crippen molar-refractivity contribution < 1.29 is 14.7 Å². The fourth-order valence-electron chi connectivity index (χ4n) is 4.61. The minimum absolute atomic E-state index is 0.0789. The van der Waals surface area contributed by atoms with Crippen LogP contribution in [0.1, 0.15) is 47.3 Å². The van der Waals surface area contributed by atoms with Crippen LogP contribution in [0.2, 0.25) is 5.02 Å². The molecule has 184 valence electrons. The maximum atomic E-state index is 12.9. The number of aromatic nitrogens is 2. The molecule has 2 aromatic heterocycles. The second-order valence-corrected chi connectivity index (χ2v) is 10.5. The Kier molecular flexibility index (Phi) is 6.64. The molecule has 4 aromatic rings. The average molecular weight is 521 g/mol. The Bertz CT molecular complexity index is 1430. The highest BCUT2D eigenvalue weighted by Crippen LogP contribution is 2.37. The summed E-state index contributed by atoms with van der Waals surface area (Å²) in [4.78, 5) is 35.8. The van der Waals surface area contributed by atoms with E-state index in [1.54, 1.807) is 29.8 Å². The highest BCUT2D eigenvalue weighted by atomic mass is 35.5. The highest BCUT2D eigenvalue weighted by Gasteiger charge is 2.34. The van der Waals surface area contributed by atoms with Crippen molar-refractivity contribution >= 4 is 50.8 Å². The molecule has 2 atom stereocenters. The lowest BCUT2D eigenvalue weighted by Crippen LogP contribution is -2.40. The van der Waals surface area contributed by atoms with Gasteiger partial charge in [0.1, 0.15) is 18.2 Å². The van der Waals surface area contributed by atoms with Crippen LogP contribution in [0.4, 0.5) is 5.82 Å². The smallest absolute Gasteiger partial charge is 0.326 e. The Balaban J connectivity index is 1.35. The third-order valence-electron chi connectivity index (χ3n) is 6.45. The van der Waals surface area contributed by atoms with Crippen LogP contribution in [0.5, 0.6) is 0 Å². The minimum atomic E-state index is -0.950. The number of nitrogens with one attached hydrogen (secondary N) is 1. The Morgan fingerprint density at radius 1 is 1.17 bits per heavy atom. The summed E-state index contributed by atoms with van der Waals surface area (Å²) in [5, 5.41) is 13.6. The van der Waals surface area contributed by atoms with Crippen LogP contribution >= 0.6 is 22.9 Å². The quantitative estimate of drug-likeness (QED) is 0.315. The number of fused-ring (bicyclic) bond motifs is 1. The number of amides is 1. The number of benzene rings is 2. The molecule has 1 aliphatic rings. The van der Waals surface area contributed by atoms with E-state index < -0.39 is 12.0 Å². The SMILES string of the molecule is Cc1cc(Cl)cc(-c2cc3ncnc(N[C@H](C)c4ccc(C(=O)N5CCC[C@H]5C(=O)O)cc4)c3s2)c1. The van der Waals surface area contributed by atoms with E-state index in [9.17, 15) is 14.7 Å². The van der Waals surface area contributed by atoms with Crippen LogP contribution in [-0.4, -0.2) is 44.4 Å². The van der Waals surface area contributed by atoms with Gasteiger partial charge in [0, 0.05) is 28.0 Å². The number of halogens is 1. The molecule has 0 saturated carbocycles. The lowest BCUT2D eigenvalue weighted by atomic mass is 10.1. The summed E-state index contributed by atoms with van der Waals surface area (Å²) in [6.45, 7) is 4.52. The van der Waals surface area contributed by atoms with Gasteiger partial charge in [-0.1, -0.05) is 29.8 Å². The molecule has 2 aromatic carbocycles. The highest BCUT2D eigenvalue weighted by molar-refractivity contribution is 7.22. The van der Waals surface area contributed by atoms with Gasteiger partial charge < -0.3 is 15.3 Å². The summed E-state index contributed by atoms with van der Waals surface area (Å²) >= 11 is 7.88. The van der Waals surface area contributed by atoms with E-state index in [1.165, 1.54) is 4.90 Å². The normalized spacial score (nSPS) is 16.3. The van der Waals surface area contributed by atoms with Crippen molar-refractivity contribution in [1.82, 2.24) is 14.9 Å². The number of carboxylic acid groups (broad SMARTS) is 1. The van der Waals surface area contributed by atoms with Gasteiger partial charge in [0.2, 0.25) is 0 Å². The summed E-state index contributed by atoms with van der Waals surface area (Å²) in [6.07, 6.45) is 2.75. The molecule has 36 heavy (non-hydrogen) atoms. The largest absolute Gasteiger partial charge is 0.480 e. The first-order chi connectivity index (χ1) is 17.3. The van der Waals surface area contributed by atoms with Crippen LogP contribution in [-0.2, 0) is 4.79 Å². The lowest BCUT2D eigenvalue weighted by molar-refractivity contribution is -0.141. The van der Waals surface area contributed by atoms with Gasteiger partial charge in [0.05, 0.1) is 10.2 Å². The Morgan fingerprint density at radius 2 is 1.94 bits per heavy atom. The predicted molar refractivity (Wildman–Crippen MR) is 143 cm³/mol. The third-order valence-corrected chi connectivity index (χ3v) is 7.85. The van der Waals surface area contributed by atoms with Gasteiger partial charge >= 0.3 is 5.97 Å². The first-order valence-corrected chi connectivity index (χ1v) is 12.9. The lowest BCUT2D eigenvalue weighted by Gasteiger charge is -2.22. The maximum Gasteiger partial charge on any atom is 0.326 e. The van der Waals surface area contributed by atoms with Crippen LogP contribution in [0.15, 0.2) is 54.9 Å². The van der Waals surface area contributed by atoms with E-state index in [2.05, 4.69) is 21.4 Å². The molecule has 0 spiro atoms. The van der Waals surface area contributed by atoms with Gasteiger partial charge in [-0.25, -0.2) is 14.8 Å². The Hall–Kier alpha value is -3.49. The number of thiophene rings is 1. The summed E-state index contributed by atoms with van der Waals surface area (Å²) in [5.41, 5.74) is 4.47. The first-order valence-electron chi connectivity index (χ1n) is 11.7. The molecule has 3 heterocycles. The molecule has 2 N–H and O–H groups in total. The van der Waals surface area contributed by atoms with Crippen LogP contribution < -0.4 is 5.32 Å². The van der Waals surface area contributed by atoms with Crippen molar-refractivity contribution in [3.8, 4) is 10.4 Å². The van der Waals surface area contributed by atoms with Crippen molar-refractivity contribution in [3.63, 3.8) is 0 Å². The van der Waals surface area contributed by atoms with Gasteiger partial charge in [-0.3, -0.25) is 4.79 Å². The van der Waals surface area contributed by atoms with E-state index >= 15 is 0 Å². The molecule has 0 unspecified atom stereocenters. The fraction of sp³-hybridized carbons (Fsp3) is 0.259. The zero-order chi connectivity index (χ0) is 25.4. The molecular formula is C27H25ClN4O3S. The van der Waals surface area contributed by atoms with E-state index in [0.717, 1.165) is 37.6 Å². The van der Waals surface area contributed by atoms with Crippen molar-refractivity contribution in [2.45, 2.75) is 38.8 Å². The minimum Gasteiger partial charge on any atom is -0.480 e. The zero-order valence-electron chi connectivity index (χ0n) is 19.9. The number of hydrogen-bond donors (Lipinski definition) is 2. The maximum absolute atomic E-state index is 12.9. The molecular weight excluding hydrogens is 496 g/mol. The summed E-state index contributed by atoms with van der Waals surface area (Å²) < 4.78 is 0.956. The molecule has 0 radical (unpaired) electrons. The number of aryl methyl sites for hydroxylation is 1. The standard InChI is InChI=1S/C27H25ClN4O3S/c1-15-10-19(12-20(28)11-15)23-13-21-24(36-23)25(30-14-29-21)31-16(2)17-5-7-18(8-6-17)26(33)32-9-3-4-22(32)27(34)35/h5-8,10-14,16,22H,3-4,9H2,1-2H3,(H,34,35)(H,29,30,31)/t16-,22+/m1/s1. The van der Waals surface area contributed by atoms with Gasteiger partial charge in [-0.15, -0.1) is 11.3 Å². The van der Waals surface area contributed by atoms with Gasteiger partial charge in [0.15, 0.2) is 0 Å². The monoisotopic (exact) mass is 520 g/mol. The van der Waals surface area contributed by atoms with Crippen molar-refractivity contribution in [1.29, 1.82) is 0 Å². The number of carbonyl (C=O) groups excluding carboxylic acids is 1. The molecule has 7 nitrogen and oxygen atoms in total. The summed E-state index contributed by atoms with van der Waals surface area (Å²) in [5.74, 6) is -0.454. The van der Waals surface area contributed by atoms with Crippen molar-refractivity contribution in [2.24, 2.45) is 0 Å². The average Bonchev–Trinajstić information content (AvgIpc) is 3.51. The van der Waals surface area contributed by atoms with Crippen LogP contribution in [0.3, 0.4) is 0 Å². The summed E-state index contributed by atoms with van der Waals surface area (Å²) in [6, 6.07) is 14.5. The molecule has 0 aliphatic carbocycles. The van der Waals surface area contributed by atoms with E-state index in [-0.39, 0.29) is 11.9 Å². The van der Waals surface area contributed by atoms with Crippen LogP contribution in [0.25, 0.3) is 20.7 Å². The van der Waals surface area contributed by atoms with Crippen LogP contribution in [0, 0.1) is 6.92 Å². The number of carboxylic acids is 1. The third kappa shape index (κ3) is 4.79. The molecule has 9 heteroatoms. The molecule has 0 bridgehead atoms. The molecule has 1 amide bonds. The van der Waals surface area contributed by atoms with E-state index in [1.807, 2.05) is 44.2 Å². The molecule has 5 rings (SSSR count). The Morgan fingerprint density at radius 3 is 2.67 bits per heavy atom. The van der Waals surface area contributed by atoms with Gasteiger partial charge in [-0.05, 0) is 73.7 Å². The molecule has 1 fully saturated rings. The molecule has 1 aliphatic heterocycles. The number of carbonyl (C=O) groups is 2. The second kappa shape index (κ2) is 9.87. The number of rotatable bonds is 6. The predicted octanol–water partition coefficient (Wildman–Crippen LogP) is 6.18. The van der Waals surface area contributed by atoms with Crippen molar-refractivity contribution in [2.75, 3.05) is 11.9 Å². The van der Waals surface area contributed by atoms with Crippen molar-refractivity contribution in [3.05, 3.63) is 76.6 Å². The number of anilines is 1. The zero-order valence-corrected chi connectivity index (χ0v) is 21.4. The fourth-order valence-corrected chi connectivity index (χ4v) is 5.95. The van der Waals surface area contributed by atoms with Gasteiger partial charge in [0.25, 0.3) is 5.91 Å². The number of nitrogens with zero attached hydrogens (tertiary/aromatic N) is 3. The number of hydrogen-bond acceptors (Lipinski definition) is 6. The Labute approximate surface area is 217 Å². The van der Waals surface area contributed by atoms with Gasteiger partial charge in [-0.2, -0.15) is 0 Å². The van der Waals surface area contributed by atoms with E-state index in [4.69, 9.17) is 11.6 Å². The number of likely N-dealkylation sites (tertiary alicyclic amines) is 1. The topological polar surface area (TPSA) is 95.4 Å². The second-order valence-electron chi connectivity index (χ2n) is 9.05.